The Morgan fingerprint density at radius 1 is 0.310 bits per heavy atom. The summed E-state index contributed by atoms with van der Waals surface area (Å²) in [5.74, 6) is 1.68. The van der Waals surface area contributed by atoms with E-state index in [1.54, 1.807) is 0 Å². The van der Waals surface area contributed by atoms with E-state index < -0.39 is 5.41 Å². The number of hydrogen-bond donors (Lipinski definition) is 0. The SMILES string of the molecule is C.c1ccc(N(c2ccc3c(c2)C2(c4ccccc4-c4ccccc4-c4ccccc42)c2ccccc2-3)c2cccc3c2Oc2ccccc2-c2ccccc2-3)cc1. The molecule has 3 aliphatic rings. The zero-order chi connectivity index (χ0) is 37.5. The molecular weight excluding hydrogens is 703 g/mol. The highest BCUT2D eigenvalue weighted by Gasteiger charge is 2.50. The maximum atomic E-state index is 7.10. The van der Waals surface area contributed by atoms with Crippen molar-refractivity contribution in [2.75, 3.05) is 4.90 Å². The van der Waals surface area contributed by atoms with Crippen molar-refractivity contribution in [3.63, 3.8) is 0 Å². The van der Waals surface area contributed by atoms with Crippen LogP contribution < -0.4 is 9.64 Å². The zero-order valence-corrected chi connectivity index (χ0v) is 31.1. The van der Waals surface area contributed by atoms with Crippen LogP contribution in [0.1, 0.15) is 29.7 Å². The van der Waals surface area contributed by atoms with Gasteiger partial charge in [0.15, 0.2) is 5.75 Å². The molecule has 0 radical (unpaired) electrons. The molecule has 9 aromatic carbocycles. The summed E-state index contributed by atoms with van der Waals surface area (Å²) >= 11 is 0. The zero-order valence-electron chi connectivity index (χ0n) is 31.1. The fourth-order valence-corrected chi connectivity index (χ4v) is 10.0. The van der Waals surface area contributed by atoms with Crippen LogP contribution in [-0.2, 0) is 5.41 Å². The fraction of sp³-hybridized carbons (Fsp3) is 0.0357. The molecule has 0 atom stereocenters. The predicted octanol–water partition coefficient (Wildman–Crippen LogP) is 15.2. The van der Waals surface area contributed by atoms with Crippen LogP contribution in [-0.4, -0.2) is 0 Å². The number of anilines is 3. The Balaban J connectivity index is 0.00000385. The summed E-state index contributed by atoms with van der Waals surface area (Å²) in [6.45, 7) is 0. The van der Waals surface area contributed by atoms with Crippen LogP contribution in [0.2, 0.25) is 0 Å². The van der Waals surface area contributed by atoms with Crippen LogP contribution in [0.4, 0.5) is 17.1 Å². The van der Waals surface area contributed by atoms with Gasteiger partial charge in [0.2, 0.25) is 0 Å². The monoisotopic (exact) mass is 741 g/mol. The maximum absolute atomic E-state index is 7.10. The molecule has 0 saturated heterocycles. The van der Waals surface area contributed by atoms with E-state index in [9.17, 15) is 0 Å². The first kappa shape index (κ1) is 33.9. The van der Waals surface area contributed by atoms with Crippen LogP contribution in [0.5, 0.6) is 11.5 Å². The highest BCUT2D eigenvalue weighted by atomic mass is 16.5. The number of para-hydroxylation sites is 3. The normalized spacial score (nSPS) is 13.0. The van der Waals surface area contributed by atoms with Crippen molar-refractivity contribution in [2.24, 2.45) is 0 Å². The van der Waals surface area contributed by atoms with E-state index in [-0.39, 0.29) is 7.43 Å². The van der Waals surface area contributed by atoms with Crippen LogP contribution in [0.25, 0.3) is 55.6 Å². The standard InChI is InChI=1S/C55H35NO.CH4/c1-2-17-36(18-3-1)56(52-31-16-27-47-41-22-7-6-21-40(41)46-26-11-15-32-53(46)57-54(47)52)37-33-34-45-44-25-10-14-30-50(44)55(51(45)35-37)48-28-12-8-23-42(48)38-19-4-5-20-39(38)43-24-9-13-29-49(43)55;/h1-35H;1H4. The van der Waals surface area contributed by atoms with Crippen molar-refractivity contribution in [1.29, 1.82) is 0 Å². The molecule has 1 aliphatic heterocycles. The minimum absolute atomic E-state index is 0. The van der Waals surface area contributed by atoms with Crippen molar-refractivity contribution >= 4 is 17.1 Å². The van der Waals surface area contributed by atoms with E-state index in [4.69, 9.17) is 4.74 Å². The van der Waals surface area contributed by atoms with Crippen molar-refractivity contribution in [2.45, 2.75) is 12.8 Å². The van der Waals surface area contributed by atoms with Crippen molar-refractivity contribution in [3.8, 4) is 67.1 Å². The predicted molar refractivity (Wildman–Crippen MR) is 241 cm³/mol. The van der Waals surface area contributed by atoms with Gasteiger partial charge >= 0.3 is 0 Å². The van der Waals surface area contributed by atoms with Gasteiger partial charge in [-0.3, -0.25) is 0 Å². The second-order valence-electron chi connectivity index (χ2n) is 15.1. The van der Waals surface area contributed by atoms with E-state index >= 15 is 0 Å². The average Bonchev–Trinajstić information content (AvgIpc) is 3.41. The van der Waals surface area contributed by atoms with Gasteiger partial charge in [-0.05, 0) is 103 Å². The van der Waals surface area contributed by atoms with Gasteiger partial charge in [0.05, 0.1) is 11.1 Å². The topological polar surface area (TPSA) is 12.5 Å². The quantitative estimate of drug-likeness (QED) is 0.179. The van der Waals surface area contributed by atoms with Gasteiger partial charge in [-0.2, -0.15) is 0 Å². The van der Waals surface area contributed by atoms with Gasteiger partial charge in [0.25, 0.3) is 0 Å². The molecule has 0 fully saturated rings. The molecule has 0 saturated carbocycles. The highest BCUT2D eigenvalue weighted by molar-refractivity contribution is 5.99. The molecule has 9 aromatic rings. The van der Waals surface area contributed by atoms with Gasteiger partial charge in [0.1, 0.15) is 5.75 Å². The number of hydrogen-bond acceptors (Lipinski definition) is 2. The Bertz CT molecular complexity index is 3000. The fourth-order valence-electron chi connectivity index (χ4n) is 10.0. The van der Waals surface area contributed by atoms with Crippen molar-refractivity contribution in [1.82, 2.24) is 0 Å². The summed E-state index contributed by atoms with van der Waals surface area (Å²) in [5.41, 5.74) is 19.7. The molecule has 0 unspecified atom stereocenters. The molecule has 2 nitrogen and oxygen atoms in total. The summed E-state index contributed by atoms with van der Waals surface area (Å²) in [5, 5.41) is 0. The molecule has 12 rings (SSSR count). The molecule has 1 heterocycles. The molecule has 0 bridgehead atoms. The second-order valence-corrected chi connectivity index (χ2v) is 15.1. The largest absolute Gasteiger partial charge is 0.454 e. The summed E-state index contributed by atoms with van der Waals surface area (Å²) in [6, 6.07) is 77.5. The third-order valence-electron chi connectivity index (χ3n) is 12.3. The van der Waals surface area contributed by atoms with E-state index in [0.717, 1.165) is 45.3 Å². The molecule has 2 heteroatoms. The first-order valence-electron chi connectivity index (χ1n) is 19.7. The minimum Gasteiger partial charge on any atom is -0.454 e. The minimum atomic E-state index is -0.585. The van der Waals surface area contributed by atoms with Gasteiger partial charge in [-0.15, -0.1) is 0 Å². The Kier molecular flexibility index (Phi) is 7.64. The first-order valence-corrected chi connectivity index (χ1v) is 19.7. The van der Waals surface area contributed by atoms with E-state index in [1.165, 1.54) is 61.2 Å². The summed E-state index contributed by atoms with van der Waals surface area (Å²) in [6.07, 6.45) is 0. The molecule has 0 N–H and O–H groups in total. The Hall–Kier alpha value is -7.42. The average molecular weight is 742 g/mol. The summed E-state index contributed by atoms with van der Waals surface area (Å²) in [4.78, 5) is 2.38. The van der Waals surface area contributed by atoms with Gasteiger partial charge in [-0.1, -0.05) is 183 Å². The lowest BCUT2D eigenvalue weighted by atomic mass is 9.66. The van der Waals surface area contributed by atoms with Crippen molar-refractivity contribution in [3.05, 3.63) is 235 Å². The third-order valence-corrected chi connectivity index (χ3v) is 12.3. The molecule has 58 heavy (non-hydrogen) atoms. The lowest BCUT2D eigenvalue weighted by Crippen LogP contribution is -2.29. The third kappa shape index (κ3) is 4.66. The van der Waals surface area contributed by atoms with E-state index in [2.05, 4.69) is 217 Å². The van der Waals surface area contributed by atoms with Gasteiger partial charge in [-0.25, -0.2) is 0 Å². The lowest BCUT2D eigenvalue weighted by molar-refractivity contribution is 0.489. The molecule has 0 amide bonds. The van der Waals surface area contributed by atoms with Gasteiger partial charge < -0.3 is 9.64 Å². The Labute approximate surface area is 339 Å². The summed E-state index contributed by atoms with van der Waals surface area (Å²) < 4.78 is 7.10. The number of ether oxygens (including phenoxy) is 1. The highest BCUT2D eigenvalue weighted by Crippen LogP contribution is 2.62. The molecular formula is C56H39NO. The van der Waals surface area contributed by atoms with Crippen molar-refractivity contribution < 1.29 is 4.74 Å². The molecule has 1 spiro atoms. The van der Waals surface area contributed by atoms with Crippen LogP contribution in [0, 0.1) is 0 Å². The van der Waals surface area contributed by atoms with E-state index in [0.29, 0.717) is 0 Å². The smallest absolute Gasteiger partial charge is 0.159 e. The van der Waals surface area contributed by atoms with E-state index in [1.807, 2.05) is 0 Å². The van der Waals surface area contributed by atoms with Crippen LogP contribution in [0.3, 0.4) is 0 Å². The molecule has 2 aliphatic carbocycles. The summed E-state index contributed by atoms with van der Waals surface area (Å²) in [7, 11) is 0. The van der Waals surface area contributed by atoms with Crippen LogP contribution >= 0.6 is 0 Å². The molecule has 274 valence electrons. The lowest BCUT2D eigenvalue weighted by Gasteiger charge is -2.36. The Morgan fingerprint density at radius 2 is 0.741 bits per heavy atom. The number of rotatable bonds is 3. The Morgan fingerprint density at radius 3 is 1.34 bits per heavy atom. The maximum Gasteiger partial charge on any atom is 0.159 e. The number of nitrogens with zero attached hydrogens (tertiary/aromatic N) is 1. The number of benzene rings is 9. The van der Waals surface area contributed by atoms with Crippen LogP contribution in [0.15, 0.2) is 212 Å². The van der Waals surface area contributed by atoms with Gasteiger partial charge in [0, 0.05) is 22.5 Å². The second kappa shape index (κ2) is 13.1. The number of fused-ring (bicyclic) bond motifs is 17. The first-order chi connectivity index (χ1) is 28.3. The molecule has 0 aromatic heterocycles.